The van der Waals surface area contributed by atoms with Gasteiger partial charge in [-0.2, -0.15) is 0 Å². The highest BCUT2D eigenvalue weighted by molar-refractivity contribution is 5.87. The third-order valence-electron chi connectivity index (χ3n) is 1.37. The lowest BCUT2D eigenvalue weighted by Gasteiger charge is -2.07. The molecule has 0 bridgehead atoms. The first-order valence-corrected chi connectivity index (χ1v) is 4.21. The number of aliphatic hydroxyl groups excluding tert-OH is 2. The average Bonchev–Trinajstić information content (AvgIpc) is 2.03. The molecular formula is C9H16O4. The van der Waals surface area contributed by atoms with E-state index < -0.39 is 12.1 Å². The highest BCUT2D eigenvalue weighted by atomic mass is 16.5. The van der Waals surface area contributed by atoms with E-state index >= 15 is 0 Å². The Morgan fingerprint density at radius 3 is 2.69 bits per heavy atom. The molecule has 0 aromatic rings. The van der Waals surface area contributed by atoms with E-state index in [0.29, 0.717) is 6.42 Å². The van der Waals surface area contributed by atoms with Gasteiger partial charge in [0.2, 0.25) is 0 Å². The first-order chi connectivity index (χ1) is 6.07. The van der Waals surface area contributed by atoms with Crippen molar-refractivity contribution in [2.45, 2.75) is 25.9 Å². The van der Waals surface area contributed by atoms with Crippen LogP contribution in [0.5, 0.6) is 0 Å². The number of esters is 1. The van der Waals surface area contributed by atoms with Gasteiger partial charge in [-0.15, -0.1) is 0 Å². The highest BCUT2D eigenvalue weighted by Crippen LogP contribution is 2.04. The Balaban J connectivity index is 3.64. The van der Waals surface area contributed by atoms with Crippen molar-refractivity contribution in [1.82, 2.24) is 0 Å². The minimum Gasteiger partial charge on any atom is -0.462 e. The molecule has 0 spiro atoms. The fourth-order valence-corrected chi connectivity index (χ4v) is 0.771. The lowest BCUT2D eigenvalue weighted by atomic mass is 10.1. The van der Waals surface area contributed by atoms with E-state index in [4.69, 9.17) is 14.9 Å². The maximum atomic E-state index is 11.0. The second-order valence-corrected chi connectivity index (χ2v) is 2.87. The van der Waals surface area contributed by atoms with Gasteiger partial charge in [-0.05, 0) is 6.92 Å². The van der Waals surface area contributed by atoms with Gasteiger partial charge in [0.15, 0.2) is 0 Å². The van der Waals surface area contributed by atoms with Gasteiger partial charge in [0, 0.05) is 25.0 Å². The van der Waals surface area contributed by atoms with E-state index in [1.54, 1.807) is 6.92 Å². The Hall–Kier alpha value is -0.870. The van der Waals surface area contributed by atoms with Gasteiger partial charge in [-0.25, -0.2) is 4.79 Å². The number of carbonyl (C=O) groups excluding carboxylic acids is 1. The quantitative estimate of drug-likeness (QED) is 0.356. The molecule has 0 amide bonds. The normalized spacial score (nSPS) is 12.2. The molecule has 0 radical (unpaired) electrons. The van der Waals surface area contributed by atoms with Crippen LogP contribution in [0.2, 0.25) is 0 Å². The van der Waals surface area contributed by atoms with Crippen LogP contribution < -0.4 is 0 Å². The summed E-state index contributed by atoms with van der Waals surface area (Å²) in [5.74, 6) is -0.505. The molecular weight excluding hydrogens is 172 g/mol. The van der Waals surface area contributed by atoms with E-state index in [2.05, 4.69) is 6.58 Å². The minimum absolute atomic E-state index is 0.00381. The largest absolute Gasteiger partial charge is 0.462 e. The Morgan fingerprint density at radius 2 is 2.23 bits per heavy atom. The average molecular weight is 188 g/mol. The molecule has 0 rings (SSSR count). The summed E-state index contributed by atoms with van der Waals surface area (Å²) in [6.45, 7) is 5.24. The monoisotopic (exact) mass is 188 g/mol. The van der Waals surface area contributed by atoms with Crippen molar-refractivity contribution in [3.05, 3.63) is 12.2 Å². The van der Waals surface area contributed by atoms with Crippen LogP contribution in [0.25, 0.3) is 0 Å². The van der Waals surface area contributed by atoms with Crippen LogP contribution in [0.15, 0.2) is 12.2 Å². The number of hydrogen-bond acceptors (Lipinski definition) is 4. The molecule has 0 fully saturated rings. The summed E-state index contributed by atoms with van der Waals surface area (Å²) in [7, 11) is 0. The fraction of sp³-hybridized carbons (Fsp3) is 0.667. The smallest absolute Gasteiger partial charge is 0.333 e. The third kappa shape index (κ3) is 6.31. The third-order valence-corrected chi connectivity index (χ3v) is 1.37. The van der Waals surface area contributed by atoms with Crippen LogP contribution >= 0.6 is 0 Å². The summed E-state index contributed by atoms with van der Waals surface area (Å²) in [6, 6.07) is 0. The predicted molar refractivity (Wildman–Crippen MR) is 48.1 cm³/mol. The summed E-state index contributed by atoms with van der Waals surface area (Å²) in [6.07, 6.45) is 0.0592. The molecule has 1 unspecified atom stereocenters. The van der Waals surface area contributed by atoms with Gasteiger partial charge in [-0.3, -0.25) is 0 Å². The lowest BCUT2D eigenvalue weighted by molar-refractivity contribution is -0.139. The molecule has 0 aromatic carbocycles. The Morgan fingerprint density at radius 1 is 1.62 bits per heavy atom. The van der Waals surface area contributed by atoms with Gasteiger partial charge in [0.25, 0.3) is 0 Å². The number of ether oxygens (including phenoxy) is 1. The second kappa shape index (κ2) is 6.62. The fourth-order valence-electron chi connectivity index (χ4n) is 0.771. The van der Waals surface area contributed by atoms with E-state index in [-0.39, 0.29) is 25.2 Å². The maximum absolute atomic E-state index is 11.0. The Labute approximate surface area is 77.8 Å². The van der Waals surface area contributed by atoms with Crippen molar-refractivity contribution in [2.24, 2.45) is 0 Å². The Kier molecular flexibility index (Phi) is 6.18. The number of rotatable bonds is 6. The van der Waals surface area contributed by atoms with Crippen molar-refractivity contribution < 1.29 is 19.7 Å². The Bertz CT molecular complexity index is 174. The molecule has 4 heteroatoms. The molecule has 0 aliphatic heterocycles. The van der Waals surface area contributed by atoms with Gasteiger partial charge in [0.05, 0.1) is 12.7 Å². The summed E-state index contributed by atoms with van der Waals surface area (Å²) < 4.78 is 4.74. The van der Waals surface area contributed by atoms with Crippen LogP contribution in [0.1, 0.15) is 19.8 Å². The molecule has 0 aliphatic rings. The molecule has 0 aliphatic carbocycles. The summed E-state index contributed by atoms with van der Waals surface area (Å²) in [5.41, 5.74) is 0.257. The highest BCUT2D eigenvalue weighted by Gasteiger charge is 2.10. The van der Waals surface area contributed by atoms with Crippen LogP contribution in [0.3, 0.4) is 0 Å². The number of hydrogen-bond donors (Lipinski definition) is 2. The summed E-state index contributed by atoms with van der Waals surface area (Å²) in [5, 5.41) is 17.3. The van der Waals surface area contributed by atoms with E-state index in [9.17, 15) is 4.79 Å². The summed E-state index contributed by atoms with van der Waals surface area (Å²) >= 11 is 0. The lowest BCUT2D eigenvalue weighted by Crippen LogP contribution is -2.13. The second-order valence-electron chi connectivity index (χ2n) is 2.87. The van der Waals surface area contributed by atoms with Gasteiger partial charge in [-0.1, -0.05) is 6.58 Å². The van der Waals surface area contributed by atoms with Crippen molar-refractivity contribution in [2.75, 3.05) is 13.2 Å². The van der Waals surface area contributed by atoms with Crippen molar-refractivity contribution in [3.63, 3.8) is 0 Å². The van der Waals surface area contributed by atoms with Crippen LogP contribution in [-0.4, -0.2) is 35.5 Å². The zero-order valence-corrected chi connectivity index (χ0v) is 7.82. The molecule has 4 nitrogen and oxygen atoms in total. The number of carbonyl (C=O) groups is 1. The zero-order chi connectivity index (χ0) is 10.3. The van der Waals surface area contributed by atoms with Crippen molar-refractivity contribution in [3.8, 4) is 0 Å². The molecule has 0 aromatic heterocycles. The SMILES string of the molecule is C=C(CC(C)O)C(=O)OCCCO. The van der Waals surface area contributed by atoms with Crippen molar-refractivity contribution >= 4 is 5.97 Å². The van der Waals surface area contributed by atoms with Gasteiger partial charge in [0.1, 0.15) is 0 Å². The van der Waals surface area contributed by atoms with Gasteiger partial charge >= 0.3 is 5.97 Å². The van der Waals surface area contributed by atoms with E-state index in [1.807, 2.05) is 0 Å². The predicted octanol–water partition coefficient (Wildman–Crippen LogP) is 0.239. The number of aliphatic hydroxyl groups is 2. The van der Waals surface area contributed by atoms with Gasteiger partial charge < -0.3 is 14.9 Å². The standard InChI is InChI=1S/C9H16O4/c1-7(6-8(2)11)9(12)13-5-3-4-10/h8,10-11H,1,3-6H2,2H3. The van der Waals surface area contributed by atoms with Crippen LogP contribution in [0, 0.1) is 0 Å². The molecule has 0 saturated heterocycles. The maximum Gasteiger partial charge on any atom is 0.333 e. The zero-order valence-electron chi connectivity index (χ0n) is 7.82. The minimum atomic E-state index is -0.585. The molecule has 2 N–H and O–H groups in total. The van der Waals surface area contributed by atoms with Crippen LogP contribution in [0.4, 0.5) is 0 Å². The molecule has 13 heavy (non-hydrogen) atoms. The molecule has 1 atom stereocenters. The summed E-state index contributed by atoms with van der Waals surface area (Å²) in [4.78, 5) is 11.0. The first kappa shape index (κ1) is 12.1. The first-order valence-electron chi connectivity index (χ1n) is 4.21. The molecule has 0 heterocycles. The topological polar surface area (TPSA) is 66.8 Å². The van der Waals surface area contributed by atoms with Crippen LogP contribution in [-0.2, 0) is 9.53 Å². The van der Waals surface area contributed by atoms with Crippen molar-refractivity contribution in [1.29, 1.82) is 0 Å². The van der Waals surface area contributed by atoms with E-state index in [0.717, 1.165) is 0 Å². The molecule has 0 saturated carbocycles. The molecule has 76 valence electrons. The van der Waals surface area contributed by atoms with E-state index in [1.165, 1.54) is 0 Å².